The van der Waals surface area contributed by atoms with Gasteiger partial charge in [0.15, 0.2) is 0 Å². The maximum atomic E-state index is 14.0. The van der Waals surface area contributed by atoms with Crippen LogP contribution < -0.4 is 10.2 Å². The molecule has 0 unspecified atom stereocenters. The third kappa shape index (κ3) is 4.35. The Kier molecular flexibility index (Phi) is 6.35. The summed E-state index contributed by atoms with van der Waals surface area (Å²) in [4.78, 5) is 15.6. The average molecular weight is 413 g/mol. The first-order chi connectivity index (χ1) is 14.6. The minimum absolute atomic E-state index is 0.0214. The first-order valence-electron chi connectivity index (χ1n) is 10.6. The Morgan fingerprint density at radius 1 is 1.03 bits per heavy atom. The first kappa shape index (κ1) is 20.8. The molecule has 5 nitrogen and oxygen atoms in total. The molecule has 2 aliphatic rings. The summed E-state index contributed by atoms with van der Waals surface area (Å²) >= 11 is 0. The van der Waals surface area contributed by atoms with Gasteiger partial charge < -0.3 is 19.7 Å². The Morgan fingerprint density at radius 3 is 2.40 bits per heavy atom. The molecule has 0 aromatic heterocycles. The Bertz CT molecular complexity index is 873. The van der Waals surface area contributed by atoms with Gasteiger partial charge in [0, 0.05) is 38.5 Å². The Morgan fingerprint density at radius 2 is 1.70 bits per heavy atom. The van der Waals surface area contributed by atoms with Crippen LogP contribution in [0.2, 0.25) is 0 Å². The van der Waals surface area contributed by atoms with Crippen molar-refractivity contribution in [2.45, 2.75) is 31.7 Å². The van der Waals surface area contributed by atoms with Crippen LogP contribution in [0.3, 0.4) is 0 Å². The van der Waals surface area contributed by atoms with Gasteiger partial charge in [0.25, 0.3) is 0 Å². The third-order valence-electron chi connectivity index (χ3n) is 6.22. The Hall–Kier alpha value is -2.44. The number of nitrogens with one attached hydrogen (secondary N) is 1. The van der Waals surface area contributed by atoms with Gasteiger partial charge in [0.1, 0.15) is 5.82 Å². The van der Waals surface area contributed by atoms with E-state index in [0.29, 0.717) is 39.3 Å². The predicted molar refractivity (Wildman–Crippen MR) is 114 cm³/mol. The molecule has 0 bridgehead atoms. The van der Waals surface area contributed by atoms with Crippen molar-refractivity contribution in [2.24, 2.45) is 0 Å². The van der Waals surface area contributed by atoms with E-state index >= 15 is 0 Å². The summed E-state index contributed by atoms with van der Waals surface area (Å²) in [5, 5.41) is 3.11. The highest BCUT2D eigenvalue weighted by molar-refractivity contribution is 5.88. The number of hydrogen-bond donors (Lipinski definition) is 1. The summed E-state index contributed by atoms with van der Waals surface area (Å²) in [6.07, 6.45) is 1.28. The number of amides is 1. The highest BCUT2D eigenvalue weighted by Gasteiger charge is 2.41. The summed E-state index contributed by atoms with van der Waals surface area (Å²) in [6, 6.07) is 13.0. The molecule has 2 fully saturated rings. The van der Waals surface area contributed by atoms with E-state index in [4.69, 9.17) is 9.47 Å². The fourth-order valence-electron chi connectivity index (χ4n) is 4.39. The summed E-state index contributed by atoms with van der Waals surface area (Å²) in [7, 11) is 0. The van der Waals surface area contributed by atoms with E-state index in [1.54, 1.807) is 6.07 Å². The zero-order valence-electron chi connectivity index (χ0n) is 17.5. The zero-order chi connectivity index (χ0) is 21.0. The molecular formula is C24H29FN2O3. The summed E-state index contributed by atoms with van der Waals surface area (Å²) in [5.41, 5.74) is 3.31. The largest absolute Gasteiger partial charge is 0.381 e. The molecule has 0 spiro atoms. The van der Waals surface area contributed by atoms with Gasteiger partial charge in [-0.2, -0.15) is 0 Å². The number of morpholine rings is 1. The maximum Gasteiger partial charge on any atom is 0.231 e. The van der Waals surface area contributed by atoms with E-state index in [0.717, 1.165) is 35.5 Å². The Balaban J connectivity index is 1.55. The lowest BCUT2D eigenvalue weighted by atomic mass is 9.73. The second-order valence-electron chi connectivity index (χ2n) is 8.12. The first-order valence-corrected chi connectivity index (χ1v) is 10.6. The third-order valence-corrected chi connectivity index (χ3v) is 6.22. The van der Waals surface area contributed by atoms with Crippen molar-refractivity contribution in [3.63, 3.8) is 0 Å². The van der Waals surface area contributed by atoms with Gasteiger partial charge in [-0.15, -0.1) is 0 Å². The predicted octanol–water partition coefficient (Wildman–Crippen LogP) is 3.34. The maximum absolute atomic E-state index is 14.0. The topological polar surface area (TPSA) is 50.8 Å². The molecule has 1 amide bonds. The molecule has 0 saturated carbocycles. The van der Waals surface area contributed by atoms with Crippen LogP contribution in [0.5, 0.6) is 0 Å². The smallest absolute Gasteiger partial charge is 0.231 e. The van der Waals surface area contributed by atoms with E-state index in [1.807, 2.05) is 31.2 Å². The van der Waals surface area contributed by atoms with Crippen LogP contribution in [0.4, 0.5) is 10.1 Å². The fraction of sp³-hybridized carbons (Fsp3) is 0.458. The molecule has 2 aliphatic heterocycles. The monoisotopic (exact) mass is 412 g/mol. The summed E-state index contributed by atoms with van der Waals surface area (Å²) < 4.78 is 25.0. The van der Waals surface area contributed by atoms with E-state index < -0.39 is 5.41 Å². The lowest BCUT2D eigenvalue weighted by Crippen LogP contribution is -2.48. The van der Waals surface area contributed by atoms with Crippen molar-refractivity contribution in [3.05, 3.63) is 65.0 Å². The van der Waals surface area contributed by atoms with Crippen molar-refractivity contribution in [1.29, 1.82) is 0 Å². The van der Waals surface area contributed by atoms with Crippen molar-refractivity contribution in [2.75, 3.05) is 44.4 Å². The van der Waals surface area contributed by atoms with Crippen LogP contribution in [0.1, 0.15) is 29.5 Å². The molecule has 6 heteroatoms. The van der Waals surface area contributed by atoms with Gasteiger partial charge in [-0.25, -0.2) is 4.39 Å². The molecule has 1 N–H and O–H groups in total. The molecule has 4 rings (SSSR count). The van der Waals surface area contributed by atoms with Gasteiger partial charge in [-0.1, -0.05) is 29.8 Å². The minimum atomic E-state index is -0.613. The minimum Gasteiger partial charge on any atom is -0.381 e. The number of carbonyl (C=O) groups excluding carboxylic acids is 1. The number of aryl methyl sites for hydroxylation is 1. The van der Waals surface area contributed by atoms with Crippen molar-refractivity contribution in [1.82, 2.24) is 5.32 Å². The molecule has 2 aromatic carbocycles. The standard InChI is InChI=1S/C24H29FN2O3/c1-18-2-4-20(5-3-18)24(8-12-29-13-9-24)23(28)26-17-19-16-21(25)6-7-22(19)27-10-14-30-15-11-27/h2-7,16H,8-15,17H2,1H3,(H,26,28). The lowest BCUT2D eigenvalue weighted by Gasteiger charge is -2.36. The molecule has 2 saturated heterocycles. The molecule has 2 aromatic rings. The number of rotatable bonds is 5. The van der Waals surface area contributed by atoms with Gasteiger partial charge in [0.05, 0.1) is 18.6 Å². The SMILES string of the molecule is Cc1ccc(C2(C(=O)NCc3cc(F)ccc3N3CCOCC3)CCOCC2)cc1. The van der Waals surface area contributed by atoms with Crippen LogP contribution in [0, 0.1) is 12.7 Å². The van der Waals surface area contributed by atoms with Gasteiger partial charge >= 0.3 is 0 Å². The van der Waals surface area contributed by atoms with Gasteiger partial charge in [-0.05, 0) is 49.1 Å². The molecule has 30 heavy (non-hydrogen) atoms. The number of hydrogen-bond acceptors (Lipinski definition) is 4. The highest BCUT2D eigenvalue weighted by Crippen LogP contribution is 2.35. The number of benzene rings is 2. The van der Waals surface area contributed by atoms with Crippen LogP contribution >= 0.6 is 0 Å². The van der Waals surface area contributed by atoms with Crippen molar-refractivity contribution >= 4 is 11.6 Å². The number of halogens is 1. The van der Waals surface area contributed by atoms with E-state index in [-0.39, 0.29) is 18.3 Å². The zero-order valence-corrected chi connectivity index (χ0v) is 17.5. The van der Waals surface area contributed by atoms with Crippen LogP contribution in [-0.2, 0) is 26.2 Å². The molecule has 2 heterocycles. The Labute approximate surface area is 177 Å². The van der Waals surface area contributed by atoms with Gasteiger partial charge in [-0.3, -0.25) is 4.79 Å². The van der Waals surface area contributed by atoms with Crippen LogP contribution in [0.25, 0.3) is 0 Å². The van der Waals surface area contributed by atoms with Crippen molar-refractivity contribution in [3.8, 4) is 0 Å². The molecular weight excluding hydrogens is 383 g/mol. The second-order valence-corrected chi connectivity index (χ2v) is 8.12. The molecule has 0 atom stereocenters. The average Bonchev–Trinajstić information content (AvgIpc) is 2.79. The number of anilines is 1. The van der Waals surface area contributed by atoms with E-state index in [2.05, 4.69) is 10.2 Å². The number of carbonyl (C=O) groups is 1. The number of ether oxygens (including phenoxy) is 2. The van der Waals surface area contributed by atoms with Crippen LogP contribution in [0.15, 0.2) is 42.5 Å². The lowest BCUT2D eigenvalue weighted by molar-refractivity contribution is -0.130. The highest BCUT2D eigenvalue weighted by atomic mass is 19.1. The summed E-state index contributed by atoms with van der Waals surface area (Å²) in [5.74, 6) is -0.317. The molecule has 0 aliphatic carbocycles. The second kappa shape index (κ2) is 9.14. The van der Waals surface area contributed by atoms with E-state index in [1.165, 1.54) is 12.1 Å². The quantitative estimate of drug-likeness (QED) is 0.819. The fourth-order valence-corrected chi connectivity index (χ4v) is 4.39. The normalized spacial score (nSPS) is 18.8. The van der Waals surface area contributed by atoms with Crippen molar-refractivity contribution < 1.29 is 18.7 Å². The molecule has 0 radical (unpaired) electrons. The summed E-state index contributed by atoms with van der Waals surface area (Å²) in [6.45, 7) is 6.27. The van der Waals surface area contributed by atoms with Crippen LogP contribution in [-0.4, -0.2) is 45.4 Å². The molecule has 160 valence electrons. The number of nitrogens with zero attached hydrogens (tertiary/aromatic N) is 1. The van der Waals surface area contributed by atoms with E-state index in [9.17, 15) is 9.18 Å². The van der Waals surface area contributed by atoms with Gasteiger partial charge in [0.2, 0.25) is 5.91 Å².